The van der Waals surface area contributed by atoms with E-state index in [2.05, 4.69) is 15.3 Å². The molecule has 0 saturated heterocycles. The maximum absolute atomic E-state index is 10.4. The number of aromatic nitrogens is 2. The first-order chi connectivity index (χ1) is 9.08. The Hall–Kier alpha value is -1.65. The molecule has 0 aliphatic rings. The Morgan fingerprint density at radius 2 is 2.00 bits per heavy atom. The molecule has 1 atom stereocenters. The second kappa shape index (κ2) is 5.99. The highest BCUT2D eigenvalue weighted by Gasteiger charge is 2.21. The molecule has 2 aromatic rings. The summed E-state index contributed by atoms with van der Waals surface area (Å²) in [6, 6.07) is 11.3. The van der Waals surface area contributed by atoms with Gasteiger partial charge >= 0.3 is 0 Å². The van der Waals surface area contributed by atoms with Crippen LogP contribution in [0.25, 0.3) is 0 Å². The van der Waals surface area contributed by atoms with Crippen LogP contribution < -0.4 is 5.32 Å². The van der Waals surface area contributed by atoms with Gasteiger partial charge in [0.2, 0.25) is 5.28 Å². The molecule has 0 fully saturated rings. The number of nitrogens with one attached hydrogen (secondary N) is 1. The van der Waals surface area contributed by atoms with E-state index >= 15 is 0 Å². The molecule has 0 radical (unpaired) electrons. The molecule has 1 aromatic carbocycles. The van der Waals surface area contributed by atoms with Crippen molar-refractivity contribution in [1.82, 2.24) is 9.97 Å². The van der Waals surface area contributed by atoms with E-state index < -0.39 is 5.60 Å². The van der Waals surface area contributed by atoms with E-state index in [-0.39, 0.29) is 5.28 Å². The van der Waals surface area contributed by atoms with Gasteiger partial charge in [-0.2, -0.15) is 0 Å². The quantitative estimate of drug-likeness (QED) is 0.825. The molecule has 0 aliphatic carbocycles. The van der Waals surface area contributed by atoms with Crippen LogP contribution >= 0.6 is 11.6 Å². The molecule has 5 heteroatoms. The molecule has 4 nitrogen and oxygen atoms in total. The highest BCUT2D eigenvalue weighted by Crippen LogP contribution is 2.23. The molecule has 0 bridgehead atoms. The SMILES string of the molecule is CC(O)(CCNc1ccnc(Cl)n1)c1ccccc1. The second-order valence-corrected chi connectivity index (χ2v) is 4.87. The van der Waals surface area contributed by atoms with Crippen molar-refractivity contribution in [2.75, 3.05) is 11.9 Å². The van der Waals surface area contributed by atoms with Gasteiger partial charge in [-0.15, -0.1) is 0 Å². The maximum Gasteiger partial charge on any atom is 0.224 e. The van der Waals surface area contributed by atoms with Gasteiger partial charge in [0.1, 0.15) is 5.82 Å². The number of aliphatic hydroxyl groups is 1. The van der Waals surface area contributed by atoms with Gasteiger partial charge in [0.15, 0.2) is 0 Å². The van der Waals surface area contributed by atoms with Crippen molar-refractivity contribution in [1.29, 1.82) is 0 Å². The van der Waals surface area contributed by atoms with Crippen LogP contribution in [0, 0.1) is 0 Å². The summed E-state index contributed by atoms with van der Waals surface area (Å²) in [6.45, 7) is 2.40. The van der Waals surface area contributed by atoms with Gasteiger partial charge in [0, 0.05) is 12.7 Å². The van der Waals surface area contributed by atoms with E-state index in [1.54, 1.807) is 19.2 Å². The molecule has 0 amide bonds. The lowest BCUT2D eigenvalue weighted by atomic mass is 9.93. The van der Waals surface area contributed by atoms with Crippen LogP contribution in [0.2, 0.25) is 5.28 Å². The number of nitrogens with zero attached hydrogens (tertiary/aromatic N) is 2. The minimum absolute atomic E-state index is 0.208. The zero-order valence-corrected chi connectivity index (χ0v) is 11.4. The van der Waals surface area contributed by atoms with Crippen LogP contribution in [0.5, 0.6) is 0 Å². The van der Waals surface area contributed by atoms with E-state index in [0.29, 0.717) is 18.8 Å². The minimum Gasteiger partial charge on any atom is -0.385 e. The molecule has 0 spiro atoms. The summed E-state index contributed by atoms with van der Waals surface area (Å²) >= 11 is 5.70. The molecule has 2 rings (SSSR count). The summed E-state index contributed by atoms with van der Waals surface area (Å²) in [6.07, 6.45) is 2.16. The summed E-state index contributed by atoms with van der Waals surface area (Å²) in [5, 5.41) is 13.7. The van der Waals surface area contributed by atoms with Gasteiger partial charge in [-0.25, -0.2) is 9.97 Å². The Morgan fingerprint density at radius 3 is 2.68 bits per heavy atom. The zero-order valence-electron chi connectivity index (χ0n) is 10.7. The van der Waals surface area contributed by atoms with Gasteiger partial charge in [-0.3, -0.25) is 0 Å². The predicted octanol–water partition coefficient (Wildman–Crippen LogP) is 2.84. The normalized spacial score (nSPS) is 13.8. The first-order valence-corrected chi connectivity index (χ1v) is 6.46. The van der Waals surface area contributed by atoms with Crippen LogP contribution in [0.3, 0.4) is 0 Å². The molecular formula is C14H16ClN3O. The summed E-state index contributed by atoms with van der Waals surface area (Å²) in [5.41, 5.74) is 0.0305. The van der Waals surface area contributed by atoms with Crippen molar-refractivity contribution in [3.63, 3.8) is 0 Å². The third kappa shape index (κ3) is 3.91. The minimum atomic E-state index is -0.870. The van der Waals surface area contributed by atoms with Crippen LogP contribution in [0.1, 0.15) is 18.9 Å². The van der Waals surface area contributed by atoms with Crippen molar-refractivity contribution in [3.8, 4) is 0 Å². The molecule has 2 N–H and O–H groups in total. The number of benzene rings is 1. The Balaban J connectivity index is 1.92. The molecule has 0 aliphatic heterocycles. The van der Waals surface area contributed by atoms with E-state index in [1.165, 1.54) is 0 Å². The fourth-order valence-electron chi connectivity index (χ4n) is 1.81. The fourth-order valence-corrected chi connectivity index (χ4v) is 1.96. The molecule has 1 aromatic heterocycles. The largest absolute Gasteiger partial charge is 0.385 e. The number of rotatable bonds is 5. The highest BCUT2D eigenvalue weighted by molar-refractivity contribution is 6.28. The Morgan fingerprint density at radius 1 is 1.26 bits per heavy atom. The van der Waals surface area contributed by atoms with Gasteiger partial charge < -0.3 is 10.4 Å². The van der Waals surface area contributed by atoms with E-state index in [1.807, 2.05) is 30.3 Å². The lowest BCUT2D eigenvalue weighted by Gasteiger charge is -2.24. The van der Waals surface area contributed by atoms with Crippen LogP contribution in [0.15, 0.2) is 42.6 Å². The smallest absolute Gasteiger partial charge is 0.224 e. The average Bonchev–Trinajstić information content (AvgIpc) is 2.40. The van der Waals surface area contributed by atoms with Crippen LogP contribution in [-0.4, -0.2) is 21.6 Å². The topological polar surface area (TPSA) is 58.0 Å². The summed E-state index contributed by atoms with van der Waals surface area (Å²) < 4.78 is 0. The first kappa shape index (κ1) is 13.8. The molecular weight excluding hydrogens is 262 g/mol. The van der Waals surface area contributed by atoms with Crippen molar-refractivity contribution in [2.45, 2.75) is 18.9 Å². The van der Waals surface area contributed by atoms with Crippen molar-refractivity contribution in [3.05, 3.63) is 53.4 Å². The van der Waals surface area contributed by atoms with Gasteiger partial charge in [0.05, 0.1) is 5.60 Å². The summed E-state index contributed by atoms with van der Waals surface area (Å²) in [7, 11) is 0. The molecule has 1 unspecified atom stereocenters. The monoisotopic (exact) mass is 277 g/mol. The van der Waals surface area contributed by atoms with Gasteiger partial charge in [0.25, 0.3) is 0 Å². The van der Waals surface area contributed by atoms with Crippen molar-refractivity contribution in [2.24, 2.45) is 0 Å². The van der Waals surface area contributed by atoms with E-state index in [4.69, 9.17) is 11.6 Å². The summed E-state index contributed by atoms with van der Waals surface area (Å²) in [5.74, 6) is 0.656. The average molecular weight is 278 g/mol. The number of hydrogen-bond acceptors (Lipinski definition) is 4. The number of halogens is 1. The van der Waals surface area contributed by atoms with Crippen LogP contribution in [-0.2, 0) is 5.60 Å². The lowest BCUT2D eigenvalue weighted by molar-refractivity contribution is 0.0515. The standard InChI is InChI=1S/C14H16ClN3O/c1-14(19,11-5-3-2-4-6-11)8-10-16-12-7-9-17-13(15)18-12/h2-7,9,19H,8,10H2,1H3,(H,16,17,18). The van der Waals surface area contributed by atoms with Crippen LogP contribution in [0.4, 0.5) is 5.82 Å². The highest BCUT2D eigenvalue weighted by atomic mass is 35.5. The maximum atomic E-state index is 10.4. The molecule has 19 heavy (non-hydrogen) atoms. The summed E-state index contributed by atoms with van der Waals surface area (Å²) in [4.78, 5) is 7.84. The Kier molecular flexibility index (Phi) is 4.35. The molecule has 0 saturated carbocycles. The van der Waals surface area contributed by atoms with E-state index in [9.17, 15) is 5.11 Å². The third-order valence-corrected chi connectivity index (χ3v) is 3.12. The zero-order chi connectivity index (χ0) is 13.7. The molecule has 100 valence electrons. The van der Waals surface area contributed by atoms with Crippen molar-refractivity contribution >= 4 is 17.4 Å². The van der Waals surface area contributed by atoms with Gasteiger partial charge in [-0.05, 0) is 36.6 Å². The van der Waals surface area contributed by atoms with Crippen molar-refractivity contribution < 1.29 is 5.11 Å². The first-order valence-electron chi connectivity index (χ1n) is 6.08. The lowest BCUT2D eigenvalue weighted by Crippen LogP contribution is -2.24. The Bertz CT molecular complexity index is 531. The number of anilines is 1. The van der Waals surface area contributed by atoms with E-state index in [0.717, 1.165) is 5.56 Å². The predicted molar refractivity (Wildman–Crippen MR) is 76.2 cm³/mol. The van der Waals surface area contributed by atoms with Gasteiger partial charge in [-0.1, -0.05) is 30.3 Å². The molecule has 1 heterocycles. The number of hydrogen-bond donors (Lipinski definition) is 2. The fraction of sp³-hybridized carbons (Fsp3) is 0.286. The second-order valence-electron chi connectivity index (χ2n) is 4.53. The third-order valence-electron chi connectivity index (χ3n) is 2.94. The Labute approximate surface area is 117 Å².